The summed E-state index contributed by atoms with van der Waals surface area (Å²) in [5, 5.41) is 19.4. The molecule has 1 aliphatic carbocycles. The van der Waals surface area contributed by atoms with Crippen molar-refractivity contribution >= 4 is 11.6 Å². The fourth-order valence-corrected chi connectivity index (χ4v) is 2.18. The minimum atomic E-state index is -0.900. The number of aliphatic hydroxyl groups is 1. The summed E-state index contributed by atoms with van der Waals surface area (Å²) in [6, 6.07) is 5.71. The Morgan fingerprint density at radius 2 is 1.84 bits per heavy atom. The van der Waals surface area contributed by atoms with Gasteiger partial charge in [0.1, 0.15) is 23.4 Å². The van der Waals surface area contributed by atoms with Crippen LogP contribution >= 0.6 is 0 Å². The number of ketones is 2. The summed E-state index contributed by atoms with van der Waals surface area (Å²) in [6.45, 7) is 1.49. The second-order valence-corrected chi connectivity index (χ2v) is 4.43. The summed E-state index contributed by atoms with van der Waals surface area (Å²) in [5.74, 6) is -1.19. The SMILES string of the molecule is CC(O)c1cc2c(o1)-c1c(O)cccc1C(=O)C2=O. The van der Waals surface area contributed by atoms with Crippen molar-refractivity contribution in [3.63, 3.8) is 0 Å². The molecule has 1 heterocycles. The molecule has 5 heteroatoms. The normalized spacial score (nSPS) is 15.1. The zero-order valence-corrected chi connectivity index (χ0v) is 10.0. The number of carbonyl (C=O) groups is 2. The second kappa shape index (κ2) is 3.80. The molecule has 1 atom stereocenters. The molecule has 1 aliphatic rings. The highest BCUT2D eigenvalue weighted by atomic mass is 16.4. The van der Waals surface area contributed by atoms with Crippen molar-refractivity contribution in [1.29, 1.82) is 0 Å². The molecule has 0 amide bonds. The highest BCUT2D eigenvalue weighted by Crippen LogP contribution is 2.41. The molecule has 1 aromatic heterocycles. The lowest BCUT2D eigenvalue weighted by Gasteiger charge is -2.13. The van der Waals surface area contributed by atoms with E-state index in [0.29, 0.717) is 0 Å². The van der Waals surface area contributed by atoms with Gasteiger partial charge in [-0.2, -0.15) is 0 Å². The maximum atomic E-state index is 12.0. The van der Waals surface area contributed by atoms with Crippen molar-refractivity contribution in [2.75, 3.05) is 0 Å². The lowest BCUT2D eigenvalue weighted by Crippen LogP contribution is -2.19. The summed E-state index contributed by atoms with van der Waals surface area (Å²) in [4.78, 5) is 23.9. The Kier molecular flexibility index (Phi) is 2.33. The van der Waals surface area contributed by atoms with E-state index in [2.05, 4.69) is 0 Å². The predicted molar refractivity (Wildman–Crippen MR) is 65.1 cm³/mol. The predicted octanol–water partition coefficient (Wildman–Crippen LogP) is 2.08. The fraction of sp³-hybridized carbons (Fsp3) is 0.143. The van der Waals surface area contributed by atoms with Gasteiger partial charge in [0.2, 0.25) is 11.6 Å². The minimum absolute atomic E-state index is 0.0786. The molecule has 5 nitrogen and oxygen atoms in total. The molecule has 0 aliphatic heterocycles. The van der Waals surface area contributed by atoms with Crippen LogP contribution in [0.1, 0.15) is 39.5 Å². The Labute approximate surface area is 108 Å². The lowest BCUT2D eigenvalue weighted by molar-refractivity contribution is 0.0814. The number of fused-ring (bicyclic) bond motifs is 3. The quantitative estimate of drug-likeness (QED) is 0.764. The number of carbonyl (C=O) groups excluding carboxylic acids is 2. The molecular formula is C14H10O5. The average molecular weight is 258 g/mol. The first kappa shape index (κ1) is 11.7. The Morgan fingerprint density at radius 1 is 1.16 bits per heavy atom. The van der Waals surface area contributed by atoms with E-state index in [1.165, 1.54) is 31.2 Å². The average Bonchev–Trinajstić information content (AvgIpc) is 2.81. The first-order valence-corrected chi connectivity index (χ1v) is 5.74. The van der Waals surface area contributed by atoms with E-state index in [1.54, 1.807) is 0 Å². The maximum absolute atomic E-state index is 12.0. The summed E-state index contributed by atoms with van der Waals surface area (Å²) < 4.78 is 5.41. The fourth-order valence-electron chi connectivity index (χ4n) is 2.18. The van der Waals surface area contributed by atoms with E-state index in [1.807, 2.05) is 0 Å². The zero-order valence-electron chi connectivity index (χ0n) is 10.0. The second-order valence-electron chi connectivity index (χ2n) is 4.43. The molecule has 0 bridgehead atoms. The molecule has 19 heavy (non-hydrogen) atoms. The summed E-state index contributed by atoms with van der Waals surface area (Å²) >= 11 is 0. The van der Waals surface area contributed by atoms with Crippen molar-refractivity contribution in [2.24, 2.45) is 0 Å². The van der Waals surface area contributed by atoms with Gasteiger partial charge >= 0.3 is 0 Å². The maximum Gasteiger partial charge on any atom is 0.237 e. The van der Waals surface area contributed by atoms with Crippen molar-refractivity contribution in [3.05, 3.63) is 41.2 Å². The van der Waals surface area contributed by atoms with Crippen LogP contribution < -0.4 is 0 Å². The van der Waals surface area contributed by atoms with E-state index in [0.717, 1.165) is 0 Å². The summed E-state index contributed by atoms with van der Waals surface area (Å²) in [7, 11) is 0. The third-order valence-corrected chi connectivity index (χ3v) is 3.13. The van der Waals surface area contributed by atoms with E-state index < -0.39 is 17.7 Å². The number of aliphatic hydroxyl groups excluding tert-OH is 1. The van der Waals surface area contributed by atoms with Gasteiger partial charge in [-0.3, -0.25) is 9.59 Å². The molecule has 2 N–H and O–H groups in total. The van der Waals surface area contributed by atoms with Gasteiger partial charge in [0.25, 0.3) is 0 Å². The van der Waals surface area contributed by atoms with Gasteiger partial charge in [0.05, 0.1) is 11.1 Å². The number of benzene rings is 1. The van der Waals surface area contributed by atoms with Gasteiger partial charge in [-0.25, -0.2) is 0 Å². The molecule has 2 aromatic rings. The van der Waals surface area contributed by atoms with Crippen LogP contribution in [0.5, 0.6) is 5.75 Å². The molecule has 0 spiro atoms. The first-order chi connectivity index (χ1) is 9.00. The van der Waals surface area contributed by atoms with Crippen molar-refractivity contribution < 1.29 is 24.2 Å². The van der Waals surface area contributed by atoms with Crippen LogP contribution in [0.3, 0.4) is 0 Å². The van der Waals surface area contributed by atoms with Crippen LogP contribution in [0.15, 0.2) is 28.7 Å². The third kappa shape index (κ3) is 1.52. The molecule has 1 aromatic carbocycles. The van der Waals surface area contributed by atoms with Crippen LogP contribution in [0.25, 0.3) is 11.3 Å². The van der Waals surface area contributed by atoms with Gasteiger partial charge in [-0.1, -0.05) is 6.07 Å². The van der Waals surface area contributed by atoms with E-state index in [-0.39, 0.29) is 34.0 Å². The van der Waals surface area contributed by atoms with Crippen molar-refractivity contribution in [2.45, 2.75) is 13.0 Å². The summed E-state index contributed by atoms with van der Waals surface area (Å²) in [6.07, 6.45) is -0.900. The number of furan rings is 1. The number of rotatable bonds is 1. The Morgan fingerprint density at radius 3 is 2.53 bits per heavy atom. The Bertz CT molecular complexity index is 709. The first-order valence-electron chi connectivity index (χ1n) is 5.74. The van der Waals surface area contributed by atoms with E-state index in [9.17, 15) is 19.8 Å². The van der Waals surface area contributed by atoms with Crippen LogP contribution in [-0.2, 0) is 0 Å². The lowest BCUT2D eigenvalue weighted by atomic mass is 9.88. The largest absolute Gasteiger partial charge is 0.507 e. The number of Topliss-reactive ketones (excluding diaryl/α,β-unsaturated/α-hetero) is 2. The monoisotopic (exact) mass is 258 g/mol. The molecule has 1 unspecified atom stereocenters. The highest BCUT2D eigenvalue weighted by Gasteiger charge is 2.35. The topological polar surface area (TPSA) is 87.7 Å². The Hall–Kier alpha value is -2.40. The van der Waals surface area contributed by atoms with Crippen LogP contribution in [0, 0.1) is 0 Å². The number of hydrogen-bond donors (Lipinski definition) is 2. The smallest absolute Gasteiger partial charge is 0.237 e. The number of phenols is 1. The molecule has 3 rings (SSSR count). The molecular weight excluding hydrogens is 248 g/mol. The third-order valence-electron chi connectivity index (χ3n) is 3.13. The standard InChI is InChI=1S/C14H10O5/c1-6(15)10-5-8-13(18)12(17)7-3-2-4-9(16)11(7)14(8)19-10/h2-6,15-16H,1H3. The van der Waals surface area contributed by atoms with Gasteiger partial charge in [-0.05, 0) is 25.1 Å². The van der Waals surface area contributed by atoms with Crippen LogP contribution in [0.2, 0.25) is 0 Å². The number of aromatic hydroxyl groups is 1. The number of hydrogen-bond acceptors (Lipinski definition) is 5. The Balaban J connectivity index is 2.35. The zero-order chi connectivity index (χ0) is 13.7. The number of phenolic OH excluding ortho intramolecular Hbond substituents is 1. The van der Waals surface area contributed by atoms with Crippen LogP contribution in [-0.4, -0.2) is 21.8 Å². The molecule has 0 saturated carbocycles. The molecule has 0 fully saturated rings. The van der Waals surface area contributed by atoms with Gasteiger partial charge in [-0.15, -0.1) is 0 Å². The summed E-state index contributed by atoms with van der Waals surface area (Å²) in [5.41, 5.74) is 0.396. The van der Waals surface area contributed by atoms with Crippen molar-refractivity contribution in [3.8, 4) is 17.1 Å². The van der Waals surface area contributed by atoms with Gasteiger partial charge in [0.15, 0.2) is 0 Å². The van der Waals surface area contributed by atoms with Crippen LogP contribution in [0.4, 0.5) is 0 Å². The van der Waals surface area contributed by atoms with Gasteiger partial charge < -0.3 is 14.6 Å². The highest BCUT2D eigenvalue weighted by molar-refractivity contribution is 6.52. The molecule has 96 valence electrons. The van der Waals surface area contributed by atoms with Gasteiger partial charge in [0, 0.05) is 5.56 Å². The molecule has 0 radical (unpaired) electrons. The van der Waals surface area contributed by atoms with E-state index in [4.69, 9.17) is 4.42 Å². The molecule has 0 saturated heterocycles. The minimum Gasteiger partial charge on any atom is -0.507 e. The van der Waals surface area contributed by atoms with Crippen molar-refractivity contribution in [1.82, 2.24) is 0 Å². The van der Waals surface area contributed by atoms with E-state index >= 15 is 0 Å².